The van der Waals surface area contributed by atoms with Crippen molar-refractivity contribution in [1.82, 2.24) is 0 Å². The summed E-state index contributed by atoms with van der Waals surface area (Å²) in [6.07, 6.45) is 7.58. The smallest absolute Gasteiger partial charge is 0.0616 e. The predicted molar refractivity (Wildman–Crippen MR) is 44.1 cm³/mol. The number of aliphatic hydroxyl groups is 1. The van der Waals surface area contributed by atoms with Gasteiger partial charge in [0.2, 0.25) is 0 Å². The third kappa shape index (κ3) is 0.926. The molecule has 1 atom stereocenters. The highest BCUT2D eigenvalue weighted by atomic mass is 16.3. The van der Waals surface area contributed by atoms with E-state index in [0.717, 1.165) is 6.42 Å². The minimum atomic E-state index is -0.187. The van der Waals surface area contributed by atoms with Crippen molar-refractivity contribution < 1.29 is 5.11 Å². The molecule has 0 aromatic carbocycles. The van der Waals surface area contributed by atoms with Gasteiger partial charge >= 0.3 is 0 Å². The molecule has 2 aliphatic carbocycles. The minimum Gasteiger partial charge on any atom is -0.394 e. The van der Waals surface area contributed by atoms with Crippen LogP contribution in [0.5, 0.6) is 0 Å². The topological polar surface area (TPSA) is 46.2 Å². The Hall–Kier alpha value is -0.0800. The van der Waals surface area contributed by atoms with Gasteiger partial charge in [-0.2, -0.15) is 0 Å². The first-order chi connectivity index (χ1) is 5.22. The van der Waals surface area contributed by atoms with Crippen LogP contribution in [-0.2, 0) is 0 Å². The van der Waals surface area contributed by atoms with Gasteiger partial charge in [-0.15, -0.1) is 0 Å². The van der Waals surface area contributed by atoms with E-state index < -0.39 is 0 Å². The van der Waals surface area contributed by atoms with E-state index in [2.05, 4.69) is 0 Å². The van der Waals surface area contributed by atoms with Crippen LogP contribution in [0.15, 0.2) is 0 Å². The second-order valence-corrected chi connectivity index (χ2v) is 4.33. The lowest BCUT2D eigenvalue weighted by molar-refractivity contribution is 0.198. The van der Waals surface area contributed by atoms with Crippen LogP contribution in [-0.4, -0.2) is 17.3 Å². The van der Waals surface area contributed by atoms with Gasteiger partial charge in [-0.25, -0.2) is 0 Å². The van der Waals surface area contributed by atoms with E-state index in [1.54, 1.807) is 0 Å². The molecule has 0 radical (unpaired) electrons. The number of rotatable bonds is 1. The van der Waals surface area contributed by atoms with Gasteiger partial charge in [0.25, 0.3) is 0 Å². The van der Waals surface area contributed by atoms with E-state index >= 15 is 0 Å². The molecule has 64 valence electrons. The van der Waals surface area contributed by atoms with Crippen LogP contribution < -0.4 is 5.73 Å². The molecule has 0 aromatic heterocycles. The first-order valence-corrected chi connectivity index (χ1v) is 4.62. The lowest BCUT2D eigenvalue weighted by atomic mass is 9.83. The number of hydrogen-bond acceptors (Lipinski definition) is 2. The zero-order valence-electron chi connectivity index (χ0n) is 6.97. The molecular weight excluding hydrogens is 138 g/mol. The van der Waals surface area contributed by atoms with Crippen molar-refractivity contribution in [3.8, 4) is 0 Å². The summed E-state index contributed by atoms with van der Waals surface area (Å²) in [4.78, 5) is 0. The first-order valence-electron chi connectivity index (χ1n) is 4.62. The summed E-state index contributed by atoms with van der Waals surface area (Å²) in [5.41, 5.74) is 6.18. The molecule has 2 fully saturated rings. The van der Waals surface area contributed by atoms with Crippen LogP contribution in [0.3, 0.4) is 0 Å². The third-order valence-corrected chi connectivity index (χ3v) is 3.68. The van der Waals surface area contributed by atoms with Crippen molar-refractivity contribution in [3.05, 3.63) is 0 Å². The molecule has 0 amide bonds. The Bertz CT molecular complexity index is 157. The highest BCUT2D eigenvalue weighted by Crippen LogP contribution is 2.62. The Balaban J connectivity index is 2.03. The van der Waals surface area contributed by atoms with Gasteiger partial charge in [0.05, 0.1) is 6.61 Å². The van der Waals surface area contributed by atoms with E-state index in [1.165, 1.54) is 32.1 Å². The molecule has 2 aliphatic rings. The van der Waals surface area contributed by atoms with Crippen molar-refractivity contribution in [2.45, 2.75) is 44.1 Å². The molecule has 1 spiro atoms. The average Bonchev–Trinajstić information content (AvgIpc) is 2.59. The van der Waals surface area contributed by atoms with Gasteiger partial charge in [0.1, 0.15) is 0 Å². The van der Waals surface area contributed by atoms with Gasteiger partial charge < -0.3 is 10.8 Å². The summed E-state index contributed by atoms with van der Waals surface area (Å²) >= 11 is 0. The maximum Gasteiger partial charge on any atom is 0.0616 e. The van der Waals surface area contributed by atoms with Gasteiger partial charge in [0, 0.05) is 5.54 Å². The second kappa shape index (κ2) is 2.20. The number of aliphatic hydroxyl groups excluding tert-OH is 1. The SMILES string of the molecule is NC1(CO)CC12CCCCC2. The minimum absolute atomic E-state index is 0.187. The lowest BCUT2D eigenvalue weighted by Gasteiger charge is -2.25. The maximum atomic E-state index is 9.06. The summed E-state index contributed by atoms with van der Waals surface area (Å²) in [5.74, 6) is 0. The zero-order chi connectivity index (χ0) is 7.95. The number of hydrogen-bond donors (Lipinski definition) is 2. The molecule has 11 heavy (non-hydrogen) atoms. The quantitative estimate of drug-likeness (QED) is 0.594. The molecule has 0 heterocycles. The Morgan fingerprint density at radius 1 is 1.18 bits per heavy atom. The van der Waals surface area contributed by atoms with E-state index in [9.17, 15) is 0 Å². The standard InChI is InChI=1S/C9H17NO/c10-9(7-11)6-8(9)4-2-1-3-5-8/h11H,1-7,10H2. The van der Waals surface area contributed by atoms with E-state index in [4.69, 9.17) is 10.8 Å². The third-order valence-electron chi connectivity index (χ3n) is 3.68. The molecule has 2 saturated carbocycles. The Kier molecular flexibility index (Phi) is 1.52. The molecule has 0 bridgehead atoms. The monoisotopic (exact) mass is 155 g/mol. The summed E-state index contributed by atoms with van der Waals surface area (Å²) < 4.78 is 0. The summed E-state index contributed by atoms with van der Waals surface area (Å²) in [5, 5.41) is 9.06. The molecule has 0 aromatic rings. The van der Waals surface area contributed by atoms with Crippen LogP contribution in [0.1, 0.15) is 38.5 Å². The fourth-order valence-corrected chi connectivity index (χ4v) is 2.69. The summed E-state index contributed by atoms with van der Waals surface area (Å²) in [7, 11) is 0. The van der Waals surface area contributed by atoms with Crippen LogP contribution in [0.2, 0.25) is 0 Å². The van der Waals surface area contributed by atoms with Crippen LogP contribution in [0, 0.1) is 5.41 Å². The highest BCUT2D eigenvalue weighted by Gasteiger charge is 2.63. The molecule has 2 rings (SSSR count). The largest absolute Gasteiger partial charge is 0.394 e. The van der Waals surface area contributed by atoms with Crippen molar-refractivity contribution in [3.63, 3.8) is 0 Å². The highest BCUT2D eigenvalue weighted by molar-refractivity contribution is 5.19. The molecule has 3 N–H and O–H groups in total. The Morgan fingerprint density at radius 2 is 1.82 bits per heavy atom. The predicted octanol–water partition coefficient (Wildman–Crippen LogP) is 1.03. The van der Waals surface area contributed by atoms with Crippen LogP contribution in [0.4, 0.5) is 0 Å². The Morgan fingerprint density at radius 3 is 2.27 bits per heavy atom. The van der Waals surface area contributed by atoms with Crippen LogP contribution in [0.25, 0.3) is 0 Å². The van der Waals surface area contributed by atoms with Gasteiger partial charge in [-0.3, -0.25) is 0 Å². The average molecular weight is 155 g/mol. The normalized spacial score (nSPS) is 40.9. The molecule has 0 aliphatic heterocycles. The van der Waals surface area contributed by atoms with Gasteiger partial charge in [-0.1, -0.05) is 19.3 Å². The van der Waals surface area contributed by atoms with E-state index in [-0.39, 0.29) is 12.1 Å². The summed E-state index contributed by atoms with van der Waals surface area (Å²) in [6, 6.07) is 0. The molecule has 2 heteroatoms. The molecule has 1 unspecified atom stereocenters. The molecule has 2 nitrogen and oxygen atoms in total. The van der Waals surface area contributed by atoms with E-state index in [0.29, 0.717) is 5.41 Å². The Labute approximate surface area is 67.8 Å². The van der Waals surface area contributed by atoms with Crippen LogP contribution >= 0.6 is 0 Å². The second-order valence-electron chi connectivity index (χ2n) is 4.33. The fraction of sp³-hybridized carbons (Fsp3) is 1.00. The lowest BCUT2D eigenvalue weighted by Crippen LogP contribution is -2.35. The fourth-order valence-electron chi connectivity index (χ4n) is 2.69. The van der Waals surface area contributed by atoms with Crippen molar-refractivity contribution in [1.29, 1.82) is 0 Å². The van der Waals surface area contributed by atoms with Gasteiger partial charge in [-0.05, 0) is 24.7 Å². The number of nitrogens with two attached hydrogens (primary N) is 1. The molecular formula is C9H17NO. The summed E-state index contributed by atoms with van der Waals surface area (Å²) in [6.45, 7) is 0.188. The zero-order valence-corrected chi connectivity index (χ0v) is 6.97. The van der Waals surface area contributed by atoms with Crippen molar-refractivity contribution in [2.24, 2.45) is 11.1 Å². The maximum absolute atomic E-state index is 9.06. The van der Waals surface area contributed by atoms with Gasteiger partial charge in [0.15, 0.2) is 0 Å². The van der Waals surface area contributed by atoms with Crippen molar-refractivity contribution >= 4 is 0 Å². The molecule has 0 saturated heterocycles. The first kappa shape index (κ1) is 7.56. The van der Waals surface area contributed by atoms with Crippen molar-refractivity contribution in [2.75, 3.05) is 6.61 Å². The van der Waals surface area contributed by atoms with E-state index in [1.807, 2.05) is 0 Å².